The van der Waals surface area contributed by atoms with Gasteiger partial charge in [0.2, 0.25) is 0 Å². The van der Waals surface area contributed by atoms with E-state index in [9.17, 15) is 22.8 Å². The lowest BCUT2D eigenvalue weighted by atomic mass is 9.95. The van der Waals surface area contributed by atoms with Crippen LogP contribution < -0.4 is 24.4 Å². The van der Waals surface area contributed by atoms with Crippen molar-refractivity contribution >= 4 is 23.4 Å². The highest BCUT2D eigenvalue weighted by molar-refractivity contribution is 7.07. The molecule has 0 aliphatic carbocycles. The number of aromatic nitrogens is 1. The molecule has 2 aromatic heterocycles. The van der Waals surface area contributed by atoms with Crippen LogP contribution in [0.2, 0.25) is 0 Å². The third-order valence-corrected chi connectivity index (χ3v) is 7.61. The minimum Gasteiger partial charge on any atom is -0.497 e. The Labute approximate surface area is 241 Å². The second-order valence-electron chi connectivity index (χ2n) is 9.19. The van der Waals surface area contributed by atoms with E-state index in [-0.39, 0.29) is 33.8 Å². The van der Waals surface area contributed by atoms with Crippen LogP contribution in [-0.2, 0) is 15.7 Å². The maximum Gasteiger partial charge on any atom is 0.416 e. The van der Waals surface area contributed by atoms with Crippen LogP contribution in [0.25, 0.3) is 17.4 Å². The molecule has 0 radical (unpaired) electrons. The van der Waals surface area contributed by atoms with Crippen molar-refractivity contribution in [2.75, 3.05) is 20.8 Å². The van der Waals surface area contributed by atoms with Gasteiger partial charge in [0.1, 0.15) is 29.1 Å². The van der Waals surface area contributed by atoms with Gasteiger partial charge in [-0.05, 0) is 56.3 Å². The van der Waals surface area contributed by atoms with Crippen molar-refractivity contribution in [2.24, 2.45) is 4.99 Å². The van der Waals surface area contributed by atoms with Crippen molar-refractivity contribution in [1.82, 2.24) is 4.57 Å². The van der Waals surface area contributed by atoms with Gasteiger partial charge in [0.25, 0.3) is 5.56 Å². The van der Waals surface area contributed by atoms with Crippen LogP contribution in [0.4, 0.5) is 13.2 Å². The standard InChI is InChI=1S/C30H25F3N2O6S/c1-5-40-28(37)25-16(2)34-29-35(26(25)21-14-19(38-3)9-12-23(21)39-4)27(36)24(42-29)15-20-10-11-22(41-20)17-7-6-8-18(13-17)30(31,32)33/h6-15,26H,5H2,1-4H3/b24-15-/t26-/m0/s1. The molecule has 0 N–H and O–H groups in total. The third-order valence-electron chi connectivity index (χ3n) is 6.62. The number of carbonyl (C=O) groups is 1. The van der Waals surface area contributed by atoms with Crippen molar-refractivity contribution in [3.8, 4) is 22.8 Å². The Bertz CT molecular complexity index is 1880. The zero-order valence-corrected chi connectivity index (χ0v) is 23.8. The molecule has 0 fully saturated rings. The lowest BCUT2D eigenvalue weighted by Gasteiger charge is -2.26. The maximum absolute atomic E-state index is 13.9. The van der Waals surface area contributed by atoms with Gasteiger partial charge in [-0.3, -0.25) is 9.36 Å². The van der Waals surface area contributed by atoms with Crippen LogP contribution in [0.3, 0.4) is 0 Å². The number of ether oxygens (including phenoxy) is 3. The minimum atomic E-state index is -4.50. The lowest BCUT2D eigenvalue weighted by molar-refractivity contribution is -0.139. The molecule has 3 heterocycles. The summed E-state index contributed by atoms with van der Waals surface area (Å²) in [5, 5.41) is 0. The molecule has 42 heavy (non-hydrogen) atoms. The summed E-state index contributed by atoms with van der Waals surface area (Å²) in [4.78, 5) is 31.9. The molecule has 0 saturated carbocycles. The van der Waals surface area contributed by atoms with Crippen LogP contribution in [0.15, 0.2) is 80.1 Å². The number of halogens is 3. The van der Waals surface area contributed by atoms with Gasteiger partial charge in [-0.15, -0.1) is 0 Å². The number of thiazole rings is 1. The Hall–Kier alpha value is -4.58. The van der Waals surface area contributed by atoms with Crippen molar-refractivity contribution in [2.45, 2.75) is 26.1 Å². The first-order valence-corrected chi connectivity index (χ1v) is 13.6. The van der Waals surface area contributed by atoms with Gasteiger partial charge >= 0.3 is 12.1 Å². The second kappa shape index (κ2) is 11.4. The number of esters is 1. The van der Waals surface area contributed by atoms with Gasteiger partial charge in [-0.1, -0.05) is 23.5 Å². The minimum absolute atomic E-state index is 0.120. The topological polar surface area (TPSA) is 92.3 Å². The highest BCUT2D eigenvalue weighted by atomic mass is 32.1. The Morgan fingerprint density at radius 3 is 2.60 bits per heavy atom. The number of furan rings is 1. The van der Waals surface area contributed by atoms with Crippen LogP contribution in [0.5, 0.6) is 11.5 Å². The number of alkyl halides is 3. The quantitative estimate of drug-likeness (QED) is 0.275. The molecule has 12 heteroatoms. The number of hydrogen-bond donors (Lipinski definition) is 0. The fourth-order valence-corrected chi connectivity index (χ4v) is 5.73. The predicted molar refractivity (Wildman–Crippen MR) is 149 cm³/mol. The predicted octanol–water partition coefficient (Wildman–Crippen LogP) is 5.09. The molecule has 0 bridgehead atoms. The monoisotopic (exact) mass is 598 g/mol. The Kier molecular flexibility index (Phi) is 7.83. The molecule has 4 aromatic rings. The Balaban J connectivity index is 1.65. The van der Waals surface area contributed by atoms with E-state index in [2.05, 4.69) is 4.99 Å². The average Bonchev–Trinajstić information content (AvgIpc) is 3.55. The number of allylic oxidation sites excluding steroid dienone is 1. The number of benzene rings is 2. The first kappa shape index (κ1) is 28.9. The molecule has 0 amide bonds. The molecule has 1 aliphatic heterocycles. The molecular formula is C30H25F3N2O6S. The highest BCUT2D eigenvalue weighted by Crippen LogP contribution is 2.38. The summed E-state index contributed by atoms with van der Waals surface area (Å²) >= 11 is 1.08. The number of fused-ring (bicyclic) bond motifs is 1. The Morgan fingerprint density at radius 2 is 1.90 bits per heavy atom. The lowest BCUT2D eigenvalue weighted by Crippen LogP contribution is -2.40. The molecule has 1 aliphatic rings. The average molecular weight is 599 g/mol. The second-order valence-corrected chi connectivity index (χ2v) is 10.2. The van der Waals surface area contributed by atoms with Gasteiger partial charge in [0, 0.05) is 17.2 Å². The summed E-state index contributed by atoms with van der Waals surface area (Å²) in [6.45, 7) is 3.46. The molecule has 1 atom stereocenters. The van der Waals surface area contributed by atoms with Crippen LogP contribution in [0.1, 0.15) is 36.8 Å². The first-order chi connectivity index (χ1) is 20.0. The van der Waals surface area contributed by atoms with E-state index in [0.29, 0.717) is 27.6 Å². The van der Waals surface area contributed by atoms with Crippen molar-refractivity contribution in [3.63, 3.8) is 0 Å². The van der Waals surface area contributed by atoms with Crippen molar-refractivity contribution in [3.05, 3.63) is 102 Å². The first-order valence-electron chi connectivity index (χ1n) is 12.7. The van der Waals surface area contributed by atoms with E-state index in [1.807, 2.05) is 0 Å². The van der Waals surface area contributed by atoms with E-state index in [1.165, 1.54) is 43.1 Å². The van der Waals surface area contributed by atoms with Gasteiger partial charge in [-0.25, -0.2) is 9.79 Å². The van der Waals surface area contributed by atoms with Gasteiger partial charge in [0.05, 0.1) is 42.2 Å². The number of carbonyl (C=O) groups excluding carboxylic acids is 1. The number of rotatable bonds is 7. The fourth-order valence-electron chi connectivity index (χ4n) is 4.70. The molecule has 218 valence electrons. The summed E-state index contributed by atoms with van der Waals surface area (Å²) in [5.41, 5.74) is 0.0255. The highest BCUT2D eigenvalue weighted by Gasteiger charge is 2.35. The molecule has 0 spiro atoms. The SMILES string of the molecule is CCOC(=O)C1=C(C)N=c2s/c(=C\c3ccc(-c4cccc(C(F)(F)F)c4)o3)c(=O)n2[C@H]1c1cc(OC)ccc1OC. The maximum atomic E-state index is 13.9. The summed E-state index contributed by atoms with van der Waals surface area (Å²) in [6, 6.07) is 12.0. The van der Waals surface area contributed by atoms with E-state index in [1.54, 1.807) is 38.1 Å². The molecule has 0 saturated heterocycles. The summed E-state index contributed by atoms with van der Waals surface area (Å²) < 4.78 is 63.3. The molecular weight excluding hydrogens is 573 g/mol. The zero-order valence-electron chi connectivity index (χ0n) is 22.9. The van der Waals surface area contributed by atoms with Crippen molar-refractivity contribution < 1.29 is 36.6 Å². The van der Waals surface area contributed by atoms with E-state index < -0.39 is 29.3 Å². The van der Waals surface area contributed by atoms with E-state index in [0.717, 1.165) is 23.5 Å². The number of nitrogens with zero attached hydrogens (tertiary/aromatic N) is 2. The van der Waals surface area contributed by atoms with Crippen molar-refractivity contribution in [1.29, 1.82) is 0 Å². The summed E-state index contributed by atoms with van der Waals surface area (Å²) in [5.74, 6) is 0.746. The summed E-state index contributed by atoms with van der Waals surface area (Å²) in [6.07, 6.45) is -3.01. The fraction of sp³-hybridized carbons (Fsp3) is 0.233. The number of hydrogen-bond acceptors (Lipinski definition) is 8. The normalized spacial score (nSPS) is 15.3. The summed E-state index contributed by atoms with van der Waals surface area (Å²) in [7, 11) is 2.98. The Morgan fingerprint density at radius 1 is 1.12 bits per heavy atom. The smallest absolute Gasteiger partial charge is 0.416 e. The zero-order chi connectivity index (χ0) is 30.2. The molecule has 0 unspecified atom stereocenters. The van der Waals surface area contributed by atoms with Gasteiger partial charge < -0.3 is 18.6 Å². The number of methoxy groups -OCH3 is 2. The third kappa shape index (κ3) is 5.37. The van der Waals surface area contributed by atoms with Crippen LogP contribution in [-0.4, -0.2) is 31.4 Å². The van der Waals surface area contributed by atoms with Gasteiger partial charge in [0.15, 0.2) is 4.80 Å². The van der Waals surface area contributed by atoms with Gasteiger partial charge in [-0.2, -0.15) is 13.2 Å². The molecule has 8 nitrogen and oxygen atoms in total. The largest absolute Gasteiger partial charge is 0.497 e. The molecule has 5 rings (SSSR count). The van der Waals surface area contributed by atoms with E-state index >= 15 is 0 Å². The van der Waals surface area contributed by atoms with Crippen LogP contribution >= 0.6 is 11.3 Å². The van der Waals surface area contributed by atoms with Crippen LogP contribution in [0, 0.1) is 0 Å². The van der Waals surface area contributed by atoms with E-state index in [4.69, 9.17) is 18.6 Å². The molecule has 2 aromatic carbocycles.